The highest BCUT2D eigenvalue weighted by Gasteiger charge is 2.10. The van der Waals surface area contributed by atoms with Crippen LogP contribution in [0.2, 0.25) is 0 Å². The summed E-state index contributed by atoms with van der Waals surface area (Å²) >= 11 is 0. The summed E-state index contributed by atoms with van der Waals surface area (Å²) in [6.07, 6.45) is 2.32. The summed E-state index contributed by atoms with van der Waals surface area (Å²) in [5.41, 5.74) is 1.21. The van der Waals surface area contributed by atoms with Crippen LogP contribution in [0.5, 0.6) is 5.75 Å². The number of aliphatic hydroxyl groups is 1. The van der Waals surface area contributed by atoms with Crippen molar-refractivity contribution in [3.8, 4) is 5.75 Å². The molecule has 0 aliphatic heterocycles. The van der Waals surface area contributed by atoms with Crippen LogP contribution in [0.15, 0.2) is 12.3 Å². The molecule has 0 saturated heterocycles. The molecule has 0 atom stereocenters. The van der Waals surface area contributed by atoms with Gasteiger partial charge in [0, 0.05) is 38.0 Å². The van der Waals surface area contributed by atoms with Gasteiger partial charge in [-0.05, 0) is 13.0 Å². The van der Waals surface area contributed by atoms with E-state index in [1.807, 2.05) is 13.8 Å². The number of aliphatic hydroxyl groups excluding tert-OH is 1. The predicted molar refractivity (Wildman–Crippen MR) is 78.9 cm³/mol. The van der Waals surface area contributed by atoms with Crippen molar-refractivity contribution in [3.05, 3.63) is 23.5 Å². The Bertz CT molecular complexity index is 397. The number of aromatic nitrogens is 1. The first-order valence-corrected chi connectivity index (χ1v) is 6.79. The lowest BCUT2D eigenvalue weighted by Gasteiger charge is -2.10. The van der Waals surface area contributed by atoms with Crippen molar-refractivity contribution in [2.45, 2.75) is 26.8 Å². The molecule has 0 aliphatic rings. The molecule has 0 aliphatic carbocycles. The zero-order valence-electron chi connectivity index (χ0n) is 12.7. The van der Waals surface area contributed by atoms with Crippen molar-refractivity contribution >= 4 is 5.91 Å². The molecule has 0 saturated carbocycles. The lowest BCUT2D eigenvalue weighted by atomic mass is 10.2. The molecule has 0 bridgehead atoms. The monoisotopic (exact) mass is 283 g/mol. The number of rotatable bonds is 7. The molecule has 20 heavy (non-hydrogen) atoms. The Morgan fingerprint density at radius 3 is 2.70 bits per heavy atom. The molecule has 1 amide bonds. The number of amides is 1. The maximum absolute atomic E-state index is 11.4. The number of pyridine rings is 1. The Morgan fingerprint density at radius 2 is 2.15 bits per heavy atom. The van der Waals surface area contributed by atoms with Crippen LogP contribution >= 0.6 is 0 Å². The summed E-state index contributed by atoms with van der Waals surface area (Å²) < 4.78 is 5.23. The molecule has 6 heteroatoms. The molecule has 0 aromatic carbocycles. The summed E-state index contributed by atoms with van der Waals surface area (Å²) in [7, 11) is 3.11. The summed E-state index contributed by atoms with van der Waals surface area (Å²) in [6.45, 7) is 5.47. The average Bonchev–Trinajstić information content (AvgIpc) is 2.52. The van der Waals surface area contributed by atoms with Gasteiger partial charge in [-0.3, -0.25) is 9.78 Å². The molecule has 0 fully saturated rings. The lowest BCUT2D eigenvalue weighted by molar-refractivity contribution is 0.0957. The van der Waals surface area contributed by atoms with E-state index < -0.39 is 0 Å². The molecule has 3 N–H and O–H groups in total. The topological polar surface area (TPSA) is 83.5 Å². The largest absolute Gasteiger partial charge is 0.496 e. The molecule has 1 heterocycles. The van der Waals surface area contributed by atoms with Crippen molar-refractivity contribution in [1.82, 2.24) is 15.6 Å². The minimum atomic E-state index is -0.243. The zero-order chi connectivity index (χ0) is 15.4. The zero-order valence-corrected chi connectivity index (χ0v) is 12.7. The lowest BCUT2D eigenvalue weighted by Crippen LogP contribution is -2.20. The highest BCUT2D eigenvalue weighted by atomic mass is 16.5. The first-order chi connectivity index (χ1) is 9.72. The molecule has 6 nitrogen and oxygen atoms in total. The van der Waals surface area contributed by atoms with Crippen LogP contribution in [-0.4, -0.2) is 43.3 Å². The van der Waals surface area contributed by atoms with Crippen molar-refractivity contribution in [3.63, 3.8) is 0 Å². The van der Waals surface area contributed by atoms with Gasteiger partial charge in [0.05, 0.1) is 7.11 Å². The third-order valence-electron chi connectivity index (χ3n) is 2.45. The molecular formula is C14H25N3O3. The SMILES string of the molecule is CC.CNC(=O)c1cc(OC)c(CNCCCO)cn1. The first kappa shape index (κ1) is 18.3. The molecule has 1 aromatic rings. The number of nitrogens with one attached hydrogen (secondary N) is 2. The smallest absolute Gasteiger partial charge is 0.269 e. The number of carbonyl (C=O) groups excluding carboxylic acids is 1. The Labute approximate surface area is 120 Å². The van der Waals surface area contributed by atoms with Crippen molar-refractivity contribution in [1.29, 1.82) is 0 Å². The van der Waals surface area contributed by atoms with Gasteiger partial charge >= 0.3 is 0 Å². The van der Waals surface area contributed by atoms with Gasteiger partial charge in [-0.25, -0.2) is 0 Å². The molecule has 1 rings (SSSR count). The molecule has 0 radical (unpaired) electrons. The Kier molecular flexibility index (Phi) is 10.3. The second-order valence-corrected chi connectivity index (χ2v) is 3.71. The van der Waals surface area contributed by atoms with Crippen LogP contribution < -0.4 is 15.4 Å². The van der Waals surface area contributed by atoms with E-state index in [0.29, 0.717) is 24.4 Å². The van der Waals surface area contributed by atoms with Gasteiger partial charge in [0.1, 0.15) is 11.4 Å². The fraction of sp³-hybridized carbons (Fsp3) is 0.571. The summed E-state index contributed by atoms with van der Waals surface area (Å²) in [4.78, 5) is 15.5. The van der Waals surface area contributed by atoms with E-state index in [0.717, 1.165) is 12.1 Å². The van der Waals surface area contributed by atoms with E-state index in [4.69, 9.17) is 9.84 Å². The maximum Gasteiger partial charge on any atom is 0.269 e. The van der Waals surface area contributed by atoms with Crippen LogP contribution in [0, 0.1) is 0 Å². The van der Waals surface area contributed by atoms with E-state index in [1.165, 1.54) is 0 Å². The maximum atomic E-state index is 11.4. The van der Waals surface area contributed by atoms with Gasteiger partial charge in [-0.15, -0.1) is 0 Å². The predicted octanol–water partition coefficient (Wildman–Crippen LogP) is 0.948. The third kappa shape index (κ3) is 5.99. The van der Waals surface area contributed by atoms with Crippen LogP contribution in [-0.2, 0) is 6.54 Å². The Balaban J connectivity index is 0.00000172. The fourth-order valence-corrected chi connectivity index (χ4v) is 1.47. The van der Waals surface area contributed by atoms with Gasteiger partial charge in [-0.2, -0.15) is 0 Å². The van der Waals surface area contributed by atoms with Gasteiger partial charge in [0.2, 0.25) is 0 Å². The second-order valence-electron chi connectivity index (χ2n) is 3.71. The number of nitrogens with zero attached hydrogens (tertiary/aromatic N) is 1. The van der Waals surface area contributed by atoms with Crippen molar-refractivity contribution in [2.75, 3.05) is 27.3 Å². The highest BCUT2D eigenvalue weighted by molar-refractivity contribution is 5.92. The summed E-state index contributed by atoms with van der Waals surface area (Å²) in [5, 5.41) is 14.3. The van der Waals surface area contributed by atoms with Crippen LogP contribution in [0.4, 0.5) is 0 Å². The number of methoxy groups -OCH3 is 1. The standard InChI is InChI=1S/C12H19N3O3.C2H6/c1-13-12(17)10-6-11(18-2)9(8-15-10)7-14-4-3-5-16;1-2/h6,8,14,16H,3-5,7H2,1-2H3,(H,13,17);1-2H3. The quantitative estimate of drug-likeness (QED) is 0.649. The molecule has 0 unspecified atom stereocenters. The van der Waals surface area contributed by atoms with Gasteiger partial charge in [0.25, 0.3) is 5.91 Å². The number of carbonyl (C=O) groups is 1. The summed E-state index contributed by atoms with van der Waals surface area (Å²) in [6, 6.07) is 1.61. The second kappa shape index (κ2) is 11.2. The van der Waals surface area contributed by atoms with E-state index >= 15 is 0 Å². The van der Waals surface area contributed by atoms with Gasteiger partial charge < -0.3 is 20.5 Å². The Morgan fingerprint density at radius 1 is 1.45 bits per heavy atom. The van der Waals surface area contributed by atoms with E-state index in [-0.39, 0.29) is 12.5 Å². The number of hydrogen-bond acceptors (Lipinski definition) is 5. The van der Waals surface area contributed by atoms with E-state index in [9.17, 15) is 4.79 Å². The van der Waals surface area contributed by atoms with Gasteiger partial charge in [0.15, 0.2) is 0 Å². The number of hydrogen-bond donors (Lipinski definition) is 3. The van der Waals surface area contributed by atoms with Crippen molar-refractivity contribution in [2.24, 2.45) is 0 Å². The number of ether oxygens (including phenoxy) is 1. The van der Waals surface area contributed by atoms with Crippen molar-refractivity contribution < 1.29 is 14.6 Å². The summed E-state index contributed by atoms with van der Waals surface area (Å²) in [5.74, 6) is 0.383. The minimum Gasteiger partial charge on any atom is -0.496 e. The van der Waals surface area contributed by atoms with Gasteiger partial charge in [-0.1, -0.05) is 13.8 Å². The highest BCUT2D eigenvalue weighted by Crippen LogP contribution is 2.18. The molecule has 0 spiro atoms. The Hall–Kier alpha value is -1.66. The van der Waals surface area contributed by atoms with Crippen LogP contribution in [0.25, 0.3) is 0 Å². The normalized spacial score (nSPS) is 9.45. The van der Waals surface area contributed by atoms with Crippen LogP contribution in [0.1, 0.15) is 36.3 Å². The van der Waals surface area contributed by atoms with E-state index in [2.05, 4.69) is 15.6 Å². The van der Waals surface area contributed by atoms with Crippen LogP contribution in [0.3, 0.4) is 0 Å². The molecular weight excluding hydrogens is 258 g/mol. The third-order valence-corrected chi connectivity index (χ3v) is 2.45. The minimum absolute atomic E-state index is 0.165. The first-order valence-electron chi connectivity index (χ1n) is 6.79. The fourth-order valence-electron chi connectivity index (χ4n) is 1.47. The molecule has 1 aromatic heterocycles. The average molecular weight is 283 g/mol. The molecule has 114 valence electrons. The van der Waals surface area contributed by atoms with E-state index in [1.54, 1.807) is 26.4 Å².